The zero-order valence-electron chi connectivity index (χ0n) is 12.3. The summed E-state index contributed by atoms with van der Waals surface area (Å²) >= 11 is 13.7. The molecule has 120 valence electrons. The first-order valence-electron chi connectivity index (χ1n) is 6.83. The molecule has 0 N–H and O–H groups in total. The summed E-state index contributed by atoms with van der Waals surface area (Å²) in [5.41, 5.74) is 1.67. The molecule has 0 aliphatic rings. The Labute approximate surface area is 145 Å². The van der Waals surface area contributed by atoms with E-state index in [1.54, 1.807) is 18.3 Å². The van der Waals surface area contributed by atoms with Gasteiger partial charge in [0.05, 0.1) is 5.02 Å². The van der Waals surface area contributed by atoms with E-state index in [0.29, 0.717) is 23.7 Å². The van der Waals surface area contributed by atoms with Crippen molar-refractivity contribution in [2.24, 2.45) is 0 Å². The van der Waals surface area contributed by atoms with Crippen LogP contribution in [0.3, 0.4) is 0 Å². The van der Waals surface area contributed by atoms with Crippen molar-refractivity contribution in [1.82, 2.24) is 4.31 Å². The minimum Gasteiger partial charge on any atom is -0.207 e. The Morgan fingerprint density at radius 3 is 2.55 bits per heavy atom. The highest BCUT2D eigenvalue weighted by Crippen LogP contribution is 2.31. The SMILES string of the molecule is CCCN(Cc1ccsc1)S(=O)(=O)c1cc(C)c(Cl)cc1Cl. The van der Waals surface area contributed by atoms with Crippen molar-refractivity contribution < 1.29 is 8.42 Å². The first-order valence-corrected chi connectivity index (χ1v) is 9.97. The molecule has 0 saturated heterocycles. The smallest absolute Gasteiger partial charge is 0.207 e. The molecule has 0 radical (unpaired) electrons. The highest BCUT2D eigenvalue weighted by atomic mass is 35.5. The predicted octanol–water partition coefficient (Wildman–Crippen LogP) is 4.96. The molecule has 0 saturated carbocycles. The van der Waals surface area contributed by atoms with Gasteiger partial charge < -0.3 is 0 Å². The largest absolute Gasteiger partial charge is 0.244 e. The third kappa shape index (κ3) is 3.84. The van der Waals surface area contributed by atoms with Gasteiger partial charge in [-0.15, -0.1) is 0 Å². The van der Waals surface area contributed by atoms with Crippen LogP contribution in [0.5, 0.6) is 0 Å². The van der Waals surface area contributed by atoms with Gasteiger partial charge in [-0.2, -0.15) is 15.6 Å². The Morgan fingerprint density at radius 1 is 1.23 bits per heavy atom. The molecule has 1 aromatic carbocycles. The van der Waals surface area contributed by atoms with Gasteiger partial charge in [-0.25, -0.2) is 8.42 Å². The highest BCUT2D eigenvalue weighted by Gasteiger charge is 2.27. The monoisotopic (exact) mass is 377 g/mol. The fourth-order valence-electron chi connectivity index (χ4n) is 2.09. The van der Waals surface area contributed by atoms with Gasteiger partial charge in [-0.3, -0.25) is 0 Å². The molecule has 1 aromatic heterocycles. The van der Waals surface area contributed by atoms with Crippen molar-refractivity contribution in [2.75, 3.05) is 6.54 Å². The Balaban J connectivity index is 2.43. The molecule has 1 heterocycles. The quantitative estimate of drug-likeness (QED) is 0.712. The van der Waals surface area contributed by atoms with E-state index in [2.05, 4.69) is 0 Å². The average Bonchev–Trinajstić information content (AvgIpc) is 2.95. The molecule has 0 atom stereocenters. The summed E-state index contributed by atoms with van der Waals surface area (Å²) in [4.78, 5) is 0.111. The zero-order chi connectivity index (χ0) is 16.3. The van der Waals surface area contributed by atoms with Gasteiger partial charge in [0, 0.05) is 18.1 Å². The van der Waals surface area contributed by atoms with Crippen molar-refractivity contribution in [1.29, 1.82) is 0 Å². The topological polar surface area (TPSA) is 37.4 Å². The Hall–Kier alpha value is -0.590. The van der Waals surface area contributed by atoms with E-state index in [4.69, 9.17) is 23.2 Å². The van der Waals surface area contributed by atoms with E-state index < -0.39 is 10.0 Å². The van der Waals surface area contributed by atoms with Gasteiger partial charge in [0.2, 0.25) is 10.0 Å². The lowest BCUT2D eigenvalue weighted by molar-refractivity contribution is 0.406. The summed E-state index contributed by atoms with van der Waals surface area (Å²) in [5.74, 6) is 0. The molecule has 22 heavy (non-hydrogen) atoms. The average molecular weight is 378 g/mol. The van der Waals surface area contributed by atoms with Gasteiger partial charge in [0.1, 0.15) is 4.90 Å². The fraction of sp³-hybridized carbons (Fsp3) is 0.333. The third-order valence-corrected chi connectivity index (χ3v) is 6.69. The van der Waals surface area contributed by atoms with E-state index in [1.165, 1.54) is 16.4 Å². The molecular weight excluding hydrogens is 361 g/mol. The van der Waals surface area contributed by atoms with Crippen molar-refractivity contribution in [3.8, 4) is 0 Å². The highest BCUT2D eigenvalue weighted by molar-refractivity contribution is 7.89. The zero-order valence-corrected chi connectivity index (χ0v) is 15.5. The lowest BCUT2D eigenvalue weighted by atomic mass is 10.2. The van der Waals surface area contributed by atoms with E-state index >= 15 is 0 Å². The lowest BCUT2D eigenvalue weighted by Gasteiger charge is -2.22. The maximum atomic E-state index is 12.9. The van der Waals surface area contributed by atoms with Gasteiger partial charge in [-0.1, -0.05) is 30.1 Å². The van der Waals surface area contributed by atoms with Gasteiger partial charge >= 0.3 is 0 Å². The lowest BCUT2D eigenvalue weighted by Crippen LogP contribution is -2.31. The second kappa shape index (κ2) is 7.32. The van der Waals surface area contributed by atoms with Gasteiger partial charge in [0.15, 0.2) is 0 Å². The molecule has 0 bridgehead atoms. The van der Waals surface area contributed by atoms with Crippen LogP contribution < -0.4 is 0 Å². The van der Waals surface area contributed by atoms with Crippen LogP contribution in [0.25, 0.3) is 0 Å². The number of thiophene rings is 1. The molecule has 0 unspecified atom stereocenters. The number of sulfonamides is 1. The maximum Gasteiger partial charge on any atom is 0.244 e. The minimum atomic E-state index is -3.66. The molecule has 0 amide bonds. The van der Waals surface area contributed by atoms with Crippen molar-refractivity contribution >= 4 is 44.6 Å². The van der Waals surface area contributed by atoms with E-state index in [0.717, 1.165) is 12.0 Å². The molecular formula is C15H17Cl2NO2S2. The Kier molecular flexibility index (Phi) is 5.91. The van der Waals surface area contributed by atoms with Gasteiger partial charge in [0.25, 0.3) is 0 Å². The molecule has 7 heteroatoms. The summed E-state index contributed by atoms with van der Waals surface area (Å²) in [6, 6.07) is 4.95. The number of aryl methyl sites for hydroxylation is 1. The molecule has 0 aliphatic carbocycles. The number of halogens is 2. The first-order chi connectivity index (χ1) is 10.4. The number of hydrogen-bond donors (Lipinski definition) is 0. The second-order valence-electron chi connectivity index (χ2n) is 5.00. The van der Waals surface area contributed by atoms with Crippen LogP contribution >= 0.6 is 34.5 Å². The Morgan fingerprint density at radius 2 is 1.95 bits per heavy atom. The Bertz CT molecular complexity index is 743. The maximum absolute atomic E-state index is 12.9. The van der Waals surface area contributed by atoms with Crippen LogP contribution in [0.1, 0.15) is 24.5 Å². The van der Waals surface area contributed by atoms with Crippen LogP contribution in [0.15, 0.2) is 33.9 Å². The normalized spacial score (nSPS) is 12.0. The van der Waals surface area contributed by atoms with E-state index in [-0.39, 0.29) is 9.92 Å². The number of benzene rings is 1. The van der Waals surface area contributed by atoms with Crippen molar-refractivity contribution in [2.45, 2.75) is 31.7 Å². The van der Waals surface area contributed by atoms with E-state index in [9.17, 15) is 8.42 Å². The van der Waals surface area contributed by atoms with Crippen LogP contribution in [0.4, 0.5) is 0 Å². The molecule has 3 nitrogen and oxygen atoms in total. The van der Waals surface area contributed by atoms with Crippen molar-refractivity contribution in [3.63, 3.8) is 0 Å². The summed E-state index contributed by atoms with van der Waals surface area (Å²) in [5, 5.41) is 4.50. The molecule has 2 rings (SSSR count). The number of nitrogens with zero attached hydrogens (tertiary/aromatic N) is 1. The molecule has 0 aliphatic heterocycles. The summed E-state index contributed by atoms with van der Waals surface area (Å²) < 4.78 is 27.3. The second-order valence-corrected chi connectivity index (χ2v) is 8.50. The molecule has 0 fully saturated rings. The minimum absolute atomic E-state index is 0.111. The molecule has 0 spiro atoms. The third-order valence-electron chi connectivity index (χ3n) is 3.24. The standard InChI is InChI=1S/C15H17Cl2NO2S2/c1-3-5-18(9-12-4-6-21-10-12)22(19,20)15-7-11(2)13(16)8-14(15)17/h4,6-8,10H,3,5,9H2,1-2H3. The summed E-state index contributed by atoms with van der Waals surface area (Å²) in [7, 11) is -3.66. The first kappa shape index (κ1) is 17.8. The summed E-state index contributed by atoms with van der Waals surface area (Å²) in [6.45, 7) is 4.50. The number of rotatable bonds is 6. The van der Waals surface area contributed by atoms with Crippen LogP contribution in [-0.2, 0) is 16.6 Å². The molecule has 2 aromatic rings. The van der Waals surface area contributed by atoms with E-state index in [1.807, 2.05) is 23.8 Å². The summed E-state index contributed by atoms with van der Waals surface area (Å²) in [6.07, 6.45) is 0.730. The van der Waals surface area contributed by atoms with Crippen molar-refractivity contribution in [3.05, 3.63) is 50.1 Å². The number of hydrogen-bond acceptors (Lipinski definition) is 3. The van der Waals surface area contributed by atoms with Gasteiger partial charge in [-0.05, 0) is 53.4 Å². The van der Waals surface area contributed by atoms with Crippen LogP contribution in [0, 0.1) is 6.92 Å². The fourth-order valence-corrected chi connectivity index (χ4v) is 5.07. The van der Waals surface area contributed by atoms with Crippen LogP contribution in [0.2, 0.25) is 10.0 Å². The van der Waals surface area contributed by atoms with Crippen LogP contribution in [-0.4, -0.2) is 19.3 Å². The predicted molar refractivity (Wildman–Crippen MR) is 93.4 cm³/mol.